The van der Waals surface area contributed by atoms with Crippen LogP contribution in [0.3, 0.4) is 0 Å². The van der Waals surface area contributed by atoms with Crippen LogP contribution < -0.4 is 11.1 Å². The van der Waals surface area contributed by atoms with Crippen molar-refractivity contribution in [3.8, 4) is 0 Å². The molecule has 4 N–H and O–H groups in total. The molecule has 0 aliphatic heterocycles. The number of nitrogen functional groups attached to an aromatic ring is 1. The van der Waals surface area contributed by atoms with E-state index in [1.807, 2.05) is 30.3 Å². The molecule has 20 heavy (non-hydrogen) atoms. The van der Waals surface area contributed by atoms with Crippen molar-refractivity contribution in [1.29, 1.82) is 0 Å². The van der Waals surface area contributed by atoms with E-state index in [-0.39, 0.29) is 5.91 Å². The third kappa shape index (κ3) is 2.40. The standard InChI is InChI=1S/C15H12BrN3O/c16-9-2-1-3-11(6-9)19-15(20)13-8-18-14-5-4-10(17)7-12(13)14/h1-8,18H,17H2,(H,19,20). The third-order valence-electron chi connectivity index (χ3n) is 3.03. The van der Waals surface area contributed by atoms with Crippen LogP contribution in [0.25, 0.3) is 10.9 Å². The Morgan fingerprint density at radius 2 is 2.05 bits per heavy atom. The van der Waals surface area contributed by atoms with Crippen molar-refractivity contribution in [2.75, 3.05) is 11.1 Å². The highest BCUT2D eigenvalue weighted by Crippen LogP contribution is 2.22. The van der Waals surface area contributed by atoms with E-state index in [4.69, 9.17) is 5.73 Å². The van der Waals surface area contributed by atoms with Crippen molar-refractivity contribution < 1.29 is 4.79 Å². The summed E-state index contributed by atoms with van der Waals surface area (Å²) in [5.74, 6) is -0.167. The van der Waals surface area contributed by atoms with Crippen LogP contribution in [0.5, 0.6) is 0 Å². The normalized spacial score (nSPS) is 10.7. The molecular weight excluding hydrogens is 318 g/mol. The van der Waals surface area contributed by atoms with Gasteiger partial charge in [-0.3, -0.25) is 4.79 Å². The van der Waals surface area contributed by atoms with Crippen LogP contribution in [0.15, 0.2) is 53.1 Å². The van der Waals surface area contributed by atoms with Crippen molar-refractivity contribution in [2.24, 2.45) is 0 Å². The number of benzene rings is 2. The van der Waals surface area contributed by atoms with Gasteiger partial charge in [-0.1, -0.05) is 22.0 Å². The quantitative estimate of drug-likeness (QED) is 0.626. The fourth-order valence-electron chi connectivity index (χ4n) is 2.09. The fraction of sp³-hybridized carbons (Fsp3) is 0. The number of H-pyrrole nitrogens is 1. The molecule has 3 aromatic rings. The molecule has 0 saturated heterocycles. The summed E-state index contributed by atoms with van der Waals surface area (Å²) in [4.78, 5) is 15.4. The predicted molar refractivity (Wildman–Crippen MR) is 84.8 cm³/mol. The highest BCUT2D eigenvalue weighted by Gasteiger charge is 2.12. The second-order valence-corrected chi connectivity index (χ2v) is 5.39. The van der Waals surface area contributed by atoms with Gasteiger partial charge in [0.1, 0.15) is 0 Å². The average Bonchev–Trinajstić information content (AvgIpc) is 2.81. The zero-order valence-corrected chi connectivity index (χ0v) is 12.1. The van der Waals surface area contributed by atoms with E-state index in [9.17, 15) is 4.79 Å². The molecule has 0 atom stereocenters. The monoisotopic (exact) mass is 329 g/mol. The summed E-state index contributed by atoms with van der Waals surface area (Å²) < 4.78 is 0.915. The van der Waals surface area contributed by atoms with Gasteiger partial charge in [-0.05, 0) is 36.4 Å². The Balaban J connectivity index is 1.94. The number of carbonyl (C=O) groups excluding carboxylic acids is 1. The first kappa shape index (κ1) is 12.7. The van der Waals surface area contributed by atoms with Crippen molar-refractivity contribution in [3.63, 3.8) is 0 Å². The Labute approximate surface area is 124 Å². The minimum Gasteiger partial charge on any atom is -0.399 e. The number of fused-ring (bicyclic) bond motifs is 1. The summed E-state index contributed by atoms with van der Waals surface area (Å²) in [6.07, 6.45) is 1.69. The van der Waals surface area contributed by atoms with Gasteiger partial charge >= 0.3 is 0 Å². The van der Waals surface area contributed by atoms with Crippen molar-refractivity contribution in [2.45, 2.75) is 0 Å². The summed E-state index contributed by atoms with van der Waals surface area (Å²) in [6.45, 7) is 0. The molecule has 0 aliphatic carbocycles. The highest BCUT2D eigenvalue weighted by molar-refractivity contribution is 9.10. The molecule has 1 amide bonds. The molecule has 0 spiro atoms. The molecule has 1 heterocycles. The molecule has 4 nitrogen and oxygen atoms in total. The Bertz CT molecular complexity index is 795. The van der Waals surface area contributed by atoms with Crippen LogP contribution in [0.4, 0.5) is 11.4 Å². The first-order valence-electron chi connectivity index (χ1n) is 6.07. The number of rotatable bonds is 2. The number of aromatic amines is 1. The van der Waals surface area contributed by atoms with Crippen LogP contribution in [0, 0.1) is 0 Å². The largest absolute Gasteiger partial charge is 0.399 e. The molecule has 0 fully saturated rings. The minimum atomic E-state index is -0.167. The number of halogens is 1. The van der Waals surface area contributed by atoms with E-state index < -0.39 is 0 Å². The molecule has 5 heteroatoms. The first-order chi connectivity index (χ1) is 9.63. The molecule has 1 aromatic heterocycles. The van der Waals surface area contributed by atoms with E-state index in [0.29, 0.717) is 11.3 Å². The summed E-state index contributed by atoms with van der Waals surface area (Å²) in [7, 11) is 0. The van der Waals surface area contributed by atoms with E-state index in [1.54, 1.807) is 18.3 Å². The van der Waals surface area contributed by atoms with Crippen LogP contribution in [0.2, 0.25) is 0 Å². The maximum absolute atomic E-state index is 12.3. The number of hydrogen-bond donors (Lipinski definition) is 3. The lowest BCUT2D eigenvalue weighted by Crippen LogP contribution is -2.11. The van der Waals surface area contributed by atoms with Crippen molar-refractivity contribution >= 4 is 44.1 Å². The maximum atomic E-state index is 12.3. The second-order valence-electron chi connectivity index (χ2n) is 4.47. The molecule has 100 valence electrons. The number of hydrogen-bond acceptors (Lipinski definition) is 2. The third-order valence-corrected chi connectivity index (χ3v) is 3.53. The van der Waals surface area contributed by atoms with E-state index in [1.165, 1.54) is 0 Å². The van der Waals surface area contributed by atoms with Crippen LogP contribution in [-0.2, 0) is 0 Å². The zero-order chi connectivity index (χ0) is 14.1. The van der Waals surface area contributed by atoms with Gasteiger partial charge in [0.25, 0.3) is 5.91 Å². The van der Waals surface area contributed by atoms with Gasteiger partial charge in [0.05, 0.1) is 5.56 Å². The maximum Gasteiger partial charge on any atom is 0.257 e. The zero-order valence-electron chi connectivity index (χ0n) is 10.5. The lowest BCUT2D eigenvalue weighted by Gasteiger charge is -2.05. The molecule has 0 unspecified atom stereocenters. The molecule has 0 aliphatic rings. The van der Waals surface area contributed by atoms with Crippen LogP contribution >= 0.6 is 15.9 Å². The van der Waals surface area contributed by atoms with Crippen LogP contribution in [0.1, 0.15) is 10.4 Å². The van der Waals surface area contributed by atoms with Gasteiger partial charge in [-0.15, -0.1) is 0 Å². The topological polar surface area (TPSA) is 70.9 Å². The average molecular weight is 330 g/mol. The molecule has 0 saturated carbocycles. The lowest BCUT2D eigenvalue weighted by molar-refractivity contribution is 0.102. The van der Waals surface area contributed by atoms with E-state index in [2.05, 4.69) is 26.2 Å². The predicted octanol–water partition coefficient (Wildman–Crippen LogP) is 3.76. The number of nitrogens with two attached hydrogens (primary N) is 1. The summed E-state index contributed by atoms with van der Waals surface area (Å²) in [5.41, 5.74) is 8.61. The van der Waals surface area contributed by atoms with Gasteiger partial charge in [-0.2, -0.15) is 0 Å². The Hall–Kier alpha value is -2.27. The minimum absolute atomic E-state index is 0.167. The number of carbonyl (C=O) groups is 1. The summed E-state index contributed by atoms with van der Waals surface area (Å²) in [5, 5.41) is 3.68. The lowest BCUT2D eigenvalue weighted by atomic mass is 10.1. The summed E-state index contributed by atoms with van der Waals surface area (Å²) in [6, 6.07) is 12.9. The Kier molecular flexibility index (Phi) is 3.20. The second kappa shape index (κ2) is 5.02. The van der Waals surface area contributed by atoms with Gasteiger partial charge < -0.3 is 16.0 Å². The van der Waals surface area contributed by atoms with Crippen molar-refractivity contribution in [1.82, 2.24) is 4.98 Å². The number of amides is 1. The SMILES string of the molecule is Nc1ccc2[nH]cc(C(=O)Nc3cccc(Br)c3)c2c1. The molecule has 0 bridgehead atoms. The first-order valence-corrected chi connectivity index (χ1v) is 6.86. The van der Waals surface area contributed by atoms with Gasteiger partial charge in [0, 0.05) is 32.9 Å². The molecule has 2 aromatic carbocycles. The molecule has 0 radical (unpaired) electrons. The summed E-state index contributed by atoms with van der Waals surface area (Å²) >= 11 is 3.38. The smallest absolute Gasteiger partial charge is 0.257 e. The Morgan fingerprint density at radius 1 is 1.20 bits per heavy atom. The Morgan fingerprint density at radius 3 is 2.85 bits per heavy atom. The van der Waals surface area contributed by atoms with Gasteiger partial charge in [0.2, 0.25) is 0 Å². The van der Waals surface area contributed by atoms with Gasteiger partial charge in [-0.25, -0.2) is 0 Å². The van der Waals surface area contributed by atoms with Gasteiger partial charge in [0.15, 0.2) is 0 Å². The van der Waals surface area contributed by atoms with E-state index >= 15 is 0 Å². The molecule has 3 rings (SSSR count). The van der Waals surface area contributed by atoms with E-state index in [0.717, 1.165) is 21.1 Å². The highest BCUT2D eigenvalue weighted by atomic mass is 79.9. The van der Waals surface area contributed by atoms with Crippen LogP contribution in [-0.4, -0.2) is 10.9 Å². The molecular formula is C15H12BrN3O. The fourth-order valence-corrected chi connectivity index (χ4v) is 2.49. The number of aromatic nitrogens is 1. The number of anilines is 2. The van der Waals surface area contributed by atoms with Crippen molar-refractivity contribution in [3.05, 3.63) is 58.7 Å². The number of nitrogens with one attached hydrogen (secondary N) is 2.